The third-order valence-corrected chi connectivity index (χ3v) is 4.73. The van der Waals surface area contributed by atoms with E-state index < -0.39 is 0 Å². The molecule has 2 aliphatic heterocycles. The molecule has 2 aliphatic rings. The van der Waals surface area contributed by atoms with Gasteiger partial charge in [0.05, 0.1) is 0 Å². The molecule has 0 bridgehead atoms. The molecule has 2 heterocycles. The second-order valence-corrected chi connectivity index (χ2v) is 6.38. The normalized spacial score (nSPS) is 21.0. The molecule has 114 valence electrons. The number of nitrogens with zero attached hydrogens (tertiary/aromatic N) is 1. The van der Waals surface area contributed by atoms with Crippen LogP contribution in [0.5, 0.6) is 0 Å². The molecule has 0 radical (unpaired) electrons. The average Bonchev–Trinajstić information content (AvgIpc) is 2.90. The van der Waals surface area contributed by atoms with Crippen molar-refractivity contribution in [2.45, 2.75) is 26.3 Å². The lowest BCUT2D eigenvalue weighted by Gasteiger charge is -2.31. The van der Waals surface area contributed by atoms with E-state index >= 15 is 0 Å². The molecule has 4 heteroatoms. The molecule has 0 aliphatic carbocycles. The third-order valence-electron chi connectivity index (χ3n) is 4.73. The van der Waals surface area contributed by atoms with Crippen LogP contribution in [0.4, 0.5) is 5.69 Å². The summed E-state index contributed by atoms with van der Waals surface area (Å²) >= 11 is 0. The number of rotatable bonds is 5. The first-order valence-corrected chi connectivity index (χ1v) is 8.05. The zero-order chi connectivity index (χ0) is 14.7. The fourth-order valence-electron chi connectivity index (χ4n) is 3.08. The lowest BCUT2D eigenvalue weighted by molar-refractivity contribution is -0.121. The third kappa shape index (κ3) is 3.63. The minimum absolute atomic E-state index is 0.0773. The Labute approximate surface area is 126 Å². The second-order valence-electron chi connectivity index (χ2n) is 6.38. The molecule has 4 nitrogen and oxygen atoms in total. The van der Waals surface area contributed by atoms with Crippen LogP contribution in [0.25, 0.3) is 0 Å². The maximum Gasteiger partial charge on any atom is 0.227 e. The van der Waals surface area contributed by atoms with Gasteiger partial charge >= 0.3 is 0 Å². The first-order chi connectivity index (χ1) is 10.2. The van der Waals surface area contributed by atoms with Gasteiger partial charge in [-0.3, -0.25) is 9.69 Å². The average molecular weight is 287 g/mol. The van der Waals surface area contributed by atoms with E-state index in [0.29, 0.717) is 5.92 Å². The molecule has 3 rings (SSSR count). The minimum atomic E-state index is 0.0773. The number of benzene rings is 1. The minimum Gasteiger partial charge on any atom is -0.326 e. The van der Waals surface area contributed by atoms with Gasteiger partial charge < -0.3 is 10.6 Å². The monoisotopic (exact) mass is 287 g/mol. The summed E-state index contributed by atoms with van der Waals surface area (Å²) in [5.41, 5.74) is 2.21. The van der Waals surface area contributed by atoms with E-state index in [0.717, 1.165) is 25.3 Å². The number of likely N-dealkylation sites (tertiary alicyclic amines) is 1. The van der Waals surface area contributed by atoms with E-state index in [9.17, 15) is 4.79 Å². The topological polar surface area (TPSA) is 44.4 Å². The smallest absolute Gasteiger partial charge is 0.227 e. The first kappa shape index (κ1) is 14.5. The summed E-state index contributed by atoms with van der Waals surface area (Å²) in [4.78, 5) is 14.7. The molecule has 0 aromatic heterocycles. The SMILES string of the molecule is CC(C(=O)Nc1cccc(CN2CCCC2)c1)C1CNC1. The molecule has 2 fully saturated rings. The Morgan fingerprint density at radius 2 is 2.14 bits per heavy atom. The van der Waals surface area contributed by atoms with Crippen LogP contribution < -0.4 is 10.6 Å². The van der Waals surface area contributed by atoms with Crippen molar-refractivity contribution in [3.8, 4) is 0 Å². The molecular weight excluding hydrogens is 262 g/mol. The van der Waals surface area contributed by atoms with Gasteiger partial charge in [0.15, 0.2) is 0 Å². The van der Waals surface area contributed by atoms with Gasteiger partial charge in [-0.1, -0.05) is 19.1 Å². The van der Waals surface area contributed by atoms with Crippen molar-refractivity contribution in [1.82, 2.24) is 10.2 Å². The van der Waals surface area contributed by atoms with Crippen LogP contribution in [0, 0.1) is 11.8 Å². The van der Waals surface area contributed by atoms with Crippen LogP contribution in [0.2, 0.25) is 0 Å². The Kier molecular flexibility index (Phi) is 4.56. The summed E-state index contributed by atoms with van der Waals surface area (Å²) < 4.78 is 0. The van der Waals surface area contributed by atoms with Crippen molar-refractivity contribution in [1.29, 1.82) is 0 Å². The van der Waals surface area contributed by atoms with Crippen molar-refractivity contribution >= 4 is 11.6 Å². The van der Waals surface area contributed by atoms with Crippen molar-refractivity contribution in [3.05, 3.63) is 29.8 Å². The van der Waals surface area contributed by atoms with E-state index in [4.69, 9.17) is 0 Å². The molecule has 21 heavy (non-hydrogen) atoms. The molecule has 1 atom stereocenters. The van der Waals surface area contributed by atoms with Gasteiger partial charge in [-0.25, -0.2) is 0 Å². The quantitative estimate of drug-likeness (QED) is 0.871. The van der Waals surface area contributed by atoms with Crippen LogP contribution >= 0.6 is 0 Å². The summed E-state index contributed by atoms with van der Waals surface area (Å²) in [6, 6.07) is 8.28. The van der Waals surface area contributed by atoms with Gasteiger partial charge in [0.2, 0.25) is 5.91 Å². The molecule has 0 saturated carbocycles. The molecule has 2 N–H and O–H groups in total. The van der Waals surface area contributed by atoms with E-state index in [1.165, 1.54) is 31.5 Å². The summed E-state index contributed by atoms with van der Waals surface area (Å²) in [6.07, 6.45) is 2.62. The molecule has 2 saturated heterocycles. The highest BCUT2D eigenvalue weighted by atomic mass is 16.1. The van der Waals surface area contributed by atoms with Crippen LogP contribution in [0.15, 0.2) is 24.3 Å². The lowest BCUT2D eigenvalue weighted by atomic mass is 9.88. The molecular formula is C17H25N3O. The second kappa shape index (κ2) is 6.58. The van der Waals surface area contributed by atoms with Crippen molar-refractivity contribution in [2.24, 2.45) is 11.8 Å². The number of amides is 1. The Balaban J connectivity index is 1.58. The van der Waals surface area contributed by atoms with Gasteiger partial charge in [-0.05, 0) is 62.6 Å². The zero-order valence-electron chi connectivity index (χ0n) is 12.8. The van der Waals surface area contributed by atoms with E-state index in [1.807, 2.05) is 19.1 Å². The number of anilines is 1. The van der Waals surface area contributed by atoms with Crippen molar-refractivity contribution in [3.63, 3.8) is 0 Å². The first-order valence-electron chi connectivity index (χ1n) is 8.05. The number of nitrogens with one attached hydrogen (secondary N) is 2. The standard InChI is InChI=1S/C17H25N3O/c1-13(15-10-18-11-15)17(21)19-16-6-4-5-14(9-16)12-20-7-2-3-8-20/h4-6,9,13,15,18H,2-3,7-8,10-12H2,1H3,(H,19,21). The van der Waals surface area contributed by atoms with Crippen LogP contribution in [0.3, 0.4) is 0 Å². The maximum atomic E-state index is 12.3. The Hall–Kier alpha value is -1.39. The Morgan fingerprint density at radius 1 is 1.38 bits per heavy atom. The van der Waals surface area contributed by atoms with Gasteiger partial charge in [0.25, 0.3) is 0 Å². The number of hydrogen-bond acceptors (Lipinski definition) is 3. The molecule has 1 aromatic carbocycles. The van der Waals surface area contributed by atoms with Gasteiger partial charge in [0, 0.05) is 18.2 Å². The number of carbonyl (C=O) groups excluding carboxylic acids is 1. The molecule has 1 unspecified atom stereocenters. The Morgan fingerprint density at radius 3 is 2.81 bits per heavy atom. The highest BCUT2D eigenvalue weighted by Gasteiger charge is 2.28. The van der Waals surface area contributed by atoms with Crippen LogP contribution in [0.1, 0.15) is 25.3 Å². The Bertz CT molecular complexity index is 493. The van der Waals surface area contributed by atoms with Crippen molar-refractivity contribution < 1.29 is 4.79 Å². The number of carbonyl (C=O) groups is 1. The molecule has 1 aromatic rings. The van der Waals surface area contributed by atoms with Gasteiger partial charge in [0.1, 0.15) is 0 Å². The summed E-state index contributed by atoms with van der Waals surface area (Å²) in [7, 11) is 0. The highest BCUT2D eigenvalue weighted by molar-refractivity contribution is 5.92. The summed E-state index contributed by atoms with van der Waals surface area (Å²) in [6.45, 7) is 7.33. The van der Waals surface area contributed by atoms with Crippen LogP contribution in [-0.4, -0.2) is 37.0 Å². The molecule has 0 spiro atoms. The number of hydrogen-bond donors (Lipinski definition) is 2. The van der Waals surface area contributed by atoms with Gasteiger partial charge in [-0.15, -0.1) is 0 Å². The summed E-state index contributed by atoms with van der Waals surface area (Å²) in [5, 5.41) is 6.30. The van der Waals surface area contributed by atoms with E-state index in [1.54, 1.807) is 0 Å². The van der Waals surface area contributed by atoms with Gasteiger partial charge in [-0.2, -0.15) is 0 Å². The fourth-order valence-corrected chi connectivity index (χ4v) is 3.08. The zero-order valence-corrected chi connectivity index (χ0v) is 12.8. The molecule has 1 amide bonds. The van der Waals surface area contributed by atoms with Crippen LogP contribution in [-0.2, 0) is 11.3 Å². The maximum absolute atomic E-state index is 12.3. The van der Waals surface area contributed by atoms with Crippen molar-refractivity contribution in [2.75, 3.05) is 31.5 Å². The van der Waals surface area contributed by atoms with E-state index in [2.05, 4.69) is 27.7 Å². The largest absolute Gasteiger partial charge is 0.326 e. The predicted octanol–water partition coefficient (Wildman–Crippen LogP) is 2.08. The summed E-state index contributed by atoms with van der Waals surface area (Å²) in [5.74, 6) is 0.700. The fraction of sp³-hybridized carbons (Fsp3) is 0.588. The van der Waals surface area contributed by atoms with E-state index in [-0.39, 0.29) is 11.8 Å². The highest BCUT2D eigenvalue weighted by Crippen LogP contribution is 2.20. The lowest BCUT2D eigenvalue weighted by Crippen LogP contribution is -2.48. The predicted molar refractivity (Wildman–Crippen MR) is 85.1 cm³/mol.